The summed E-state index contributed by atoms with van der Waals surface area (Å²) in [6.45, 7) is 4.76. The van der Waals surface area contributed by atoms with Gasteiger partial charge in [0, 0.05) is 0 Å². The van der Waals surface area contributed by atoms with Crippen LogP contribution in [0.3, 0.4) is 0 Å². The van der Waals surface area contributed by atoms with Gasteiger partial charge in [0.15, 0.2) is 0 Å². The Kier molecular flexibility index (Phi) is 7.33. The summed E-state index contributed by atoms with van der Waals surface area (Å²) in [5.41, 5.74) is 8.96. The minimum Gasteiger partial charge on any atom is -1.00 e. The molecule has 2 aliphatic carbocycles. The van der Waals surface area contributed by atoms with Crippen molar-refractivity contribution in [2.75, 3.05) is 0 Å². The fraction of sp³-hybridized carbons (Fsp3) is 0.160. The zero-order valence-corrected chi connectivity index (χ0v) is 21.3. The van der Waals surface area contributed by atoms with Crippen LogP contribution in [-0.2, 0) is 27.7 Å². The molecule has 3 aromatic rings. The number of allylic oxidation sites excluding steroid dienone is 4. The van der Waals surface area contributed by atoms with E-state index < -0.39 is 21.3 Å². The van der Waals surface area contributed by atoms with Crippen LogP contribution in [0.1, 0.15) is 37.0 Å². The van der Waals surface area contributed by atoms with E-state index in [1.165, 1.54) is 27.8 Å². The quantitative estimate of drug-likeness (QED) is 0.364. The molecule has 0 atom stereocenters. The molecule has 0 saturated carbocycles. The molecule has 2 aromatic carbocycles. The molecular weight excluding hydrogens is 494 g/mol. The molecule has 0 unspecified atom stereocenters. The third kappa shape index (κ3) is 3.98. The van der Waals surface area contributed by atoms with E-state index in [2.05, 4.69) is 85.3 Å². The minimum atomic E-state index is -2.08. The summed E-state index contributed by atoms with van der Waals surface area (Å²) in [5.74, 6) is 0. The maximum absolute atomic E-state index is 2.45. The Morgan fingerprint density at radius 1 is 0.931 bits per heavy atom. The van der Waals surface area contributed by atoms with Crippen LogP contribution in [0.25, 0.3) is 16.7 Å². The van der Waals surface area contributed by atoms with E-state index in [4.69, 9.17) is 0 Å². The zero-order chi connectivity index (χ0) is 18.4. The smallest absolute Gasteiger partial charge is 1.00 e. The zero-order valence-electron chi connectivity index (χ0n) is 16.5. The van der Waals surface area contributed by atoms with Gasteiger partial charge in [-0.25, -0.2) is 0 Å². The minimum absolute atomic E-state index is 0. The third-order valence-corrected chi connectivity index (χ3v) is 13.9. The van der Waals surface area contributed by atoms with E-state index in [1.54, 1.807) is 26.7 Å². The molecule has 0 N–H and O–H groups in total. The number of hydrogen-bond donors (Lipinski definition) is 0. The van der Waals surface area contributed by atoms with Crippen LogP contribution < -0.4 is 28.1 Å². The van der Waals surface area contributed by atoms with Gasteiger partial charge in [-0.1, -0.05) is 0 Å². The molecule has 1 aromatic heterocycles. The summed E-state index contributed by atoms with van der Waals surface area (Å²) in [6.07, 6.45) is 7.00. The topological polar surface area (TPSA) is 0 Å². The Morgan fingerprint density at radius 2 is 1.72 bits per heavy atom. The van der Waals surface area contributed by atoms with Crippen LogP contribution in [0.15, 0.2) is 74.7 Å². The second-order valence-corrected chi connectivity index (χ2v) is 15.4. The number of rotatable bonds is 3. The van der Waals surface area contributed by atoms with Crippen molar-refractivity contribution in [1.82, 2.24) is 0 Å². The van der Waals surface area contributed by atoms with Crippen molar-refractivity contribution in [1.29, 1.82) is 0 Å². The summed E-state index contributed by atoms with van der Waals surface area (Å²) in [7, 11) is 0. The van der Waals surface area contributed by atoms with E-state index in [9.17, 15) is 0 Å². The van der Waals surface area contributed by atoms with Gasteiger partial charge in [-0.3, -0.25) is 0 Å². The first-order valence-electron chi connectivity index (χ1n) is 9.54. The van der Waals surface area contributed by atoms with Crippen molar-refractivity contribution in [3.8, 4) is 11.1 Å². The number of halogens is 2. The monoisotopic (exact) mass is 514 g/mol. The van der Waals surface area contributed by atoms with Crippen LogP contribution in [-0.4, -0.2) is 3.21 Å². The van der Waals surface area contributed by atoms with E-state index in [0.29, 0.717) is 0 Å². The van der Waals surface area contributed by atoms with Gasteiger partial charge in [-0.15, -0.1) is 0 Å². The van der Waals surface area contributed by atoms with Crippen LogP contribution in [0.5, 0.6) is 0 Å². The van der Waals surface area contributed by atoms with Crippen molar-refractivity contribution >= 4 is 23.4 Å². The van der Waals surface area contributed by atoms with E-state index in [1.807, 2.05) is 0 Å². The molecule has 0 nitrogen and oxygen atoms in total. The van der Waals surface area contributed by atoms with Crippen molar-refractivity contribution in [3.05, 3.63) is 91.4 Å². The maximum Gasteiger partial charge on any atom is -1.00 e. The van der Waals surface area contributed by atoms with Gasteiger partial charge in [0.05, 0.1) is 0 Å². The van der Waals surface area contributed by atoms with Gasteiger partial charge in [-0.2, -0.15) is 0 Å². The first-order valence-corrected chi connectivity index (χ1v) is 14.2. The number of fused-ring (bicyclic) bond motifs is 3. The predicted octanol–water partition coefficient (Wildman–Crippen LogP) is 0.154. The Hall–Kier alpha value is -1.05. The molecule has 0 aliphatic heterocycles. The largest absolute Gasteiger partial charge is 1.00 e. The molecule has 0 spiro atoms. The molecule has 0 radical (unpaired) electrons. The number of benzene rings is 2. The average molecular weight is 517 g/mol. The molecule has 0 amide bonds. The number of hydrogen-bond acceptors (Lipinski definition) is 1. The van der Waals surface area contributed by atoms with Gasteiger partial charge >= 0.3 is 174 Å². The van der Waals surface area contributed by atoms with Gasteiger partial charge in [0.1, 0.15) is 0 Å². The summed E-state index contributed by atoms with van der Waals surface area (Å²) in [5, 5.41) is 4.51. The van der Waals surface area contributed by atoms with Gasteiger partial charge in [0.2, 0.25) is 0 Å². The summed E-state index contributed by atoms with van der Waals surface area (Å²) < 4.78 is 5.12. The molecule has 0 saturated heterocycles. The normalized spacial score (nSPS) is 13.1. The molecule has 4 heteroatoms. The molecule has 0 fully saturated rings. The Labute approximate surface area is 197 Å². The fourth-order valence-corrected chi connectivity index (χ4v) is 12.8. The molecule has 1 heterocycles. The van der Waals surface area contributed by atoms with Crippen molar-refractivity contribution in [2.24, 2.45) is 0 Å². The van der Waals surface area contributed by atoms with E-state index in [0.717, 1.165) is 12.8 Å². The Bertz CT molecular complexity index is 1130. The Morgan fingerprint density at radius 3 is 2.48 bits per heavy atom. The van der Waals surface area contributed by atoms with Gasteiger partial charge in [0.25, 0.3) is 0 Å². The van der Waals surface area contributed by atoms with Crippen LogP contribution in [0.4, 0.5) is 0 Å². The van der Waals surface area contributed by atoms with Gasteiger partial charge in [-0.05, 0) is 0 Å². The second kappa shape index (κ2) is 9.40. The fourth-order valence-electron chi connectivity index (χ4n) is 4.56. The summed E-state index contributed by atoms with van der Waals surface area (Å²) in [4.78, 5) is 0. The first kappa shape index (κ1) is 22.6. The first-order chi connectivity index (χ1) is 13.2. The van der Waals surface area contributed by atoms with Crippen LogP contribution >= 0.6 is 11.3 Å². The molecule has 146 valence electrons. The third-order valence-electron chi connectivity index (χ3n) is 5.69. The van der Waals surface area contributed by atoms with Crippen molar-refractivity contribution in [3.63, 3.8) is 0 Å². The number of thiophene rings is 1. The molecule has 2 aliphatic rings. The van der Waals surface area contributed by atoms with Crippen molar-refractivity contribution < 1.29 is 46.1 Å². The van der Waals surface area contributed by atoms with Crippen molar-refractivity contribution in [2.45, 2.75) is 26.7 Å². The maximum atomic E-state index is 2.45. The van der Waals surface area contributed by atoms with Gasteiger partial charge < -0.3 is 24.8 Å². The van der Waals surface area contributed by atoms with Crippen LogP contribution in [0.2, 0.25) is 0 Å². The van der Waals surface area contributed by atoms with E-state index >= 15 is 0 Å². The average Bonchev–Trinajstić information content (AvgIpc) is 3.41. The Balaban J connectivity index is 0.00000120. The molecule has 29 heavy (non-hydrogen) atoms. The summed E-state index contributed by atoms with van der Waals surface area (Å²) >= 11 is -0.282. The molecular formula is C25H22Cl2SZr. The standard InChI is InChI=1S/C13H9.C9H7S.C3H6.2ClH.Zr/c1-3-7-12-10(5-1)9-11-6-2-4-8-13(11)12;1-2-4-8(3-1)9-5-6-10-7-9;1-3-2;;;/h1-5,7-8H,9H2;1,3,5-7H,2H2;1-2H3;2*1H;/q;;;;;+2/p-2. The SMILES string of the molecule is C[C](C)=[Zr+2]([C]1=C(c2ccsc2)C=CC1)[c]1cccc2c1Cc1ccccc1-2.[Cl-].[Cl-]. The molecule has 0 bridgehead atoms. The van der Waals surface area contributed by atoms with E-state index in [-0.39, 0.29) is 24.8 Å². The summed E-state index contributed by atoms with van der Waals surface area (Å²) in [6, 6.07) is 18.3. The molecule has 5 rings (SSSR count). The second-order valence-electron chi connectivity index (χ2n) is 7.55. The van der Waals surface area contributed by atoms with Crippen LogP contribution in [0, 0.1) is 0 Å². The predicted molar refractivity (Wildman–Crippen MR) is 116 cm³/mol.